The maximum atomic E-state index is 12.9. The van der Waals surface area contributed by atoms with Crippen molar-refractivity contribution in [2.45, 2.75) is 37.1 Å². The maximum Gasteiger partial charge on any atom is 0.416 e. The second-order valence-electron chi connectivity index (χ2n) is 6.07. The van der Waals surface area contributed by atoms with Crippen LogP contribution in [0, 0.1) is 0 Å². The normalized spacial score (nSPS) is 22.9. The zero-order valence-corrected chi connectivity index (χ0v) is 13.8. The van der Waals surface area contributed by atoms with E-state index in [9.17, 15) is 18.0 Å². The van der Waals surface area contributed by atoms with E-state index in [2.05, 4.69) is 10.6 Å². The Hall–Kier alpha value is -1.31. The third-order valence-electron chi connectivity index (χ3n) is 4.53. The van der Waals surface area contributed by atoms with Gasteiger partial charge in [-0.1, -0.05) is 12.1 Å². The summed E-state index contributed by atoms with van der Waals surface area (Å²) in [6, 6.07) is 5.23. The average Bonchev–Trinajstić information content (AvgIpc) is 2.51. The van der Waals surface area contributed by atoms with Crippen LogP contribution in [0.4, 0.5) is 13.2 Å². The molecule has 1 aromatic rings. The van der Waals surface area contributed by atoms with E-state index in [1.165, 1.54) is 6.07 Å². The largest absolute Gasteiger partial charge is 0.416 e. The lowest BCUT2D eigenvalue weighted by atomic mass is 9.71. The molecule has 2 fully saturated rings. The van der Waals surface area contributed by atoms with E-state index < -0.39 is 23.4 Å². The molecule has 0 radical (unpaired) electrons. The molecular weight excluding hydrogens is 345 g/mol. The van der Waals surface area contributed by atoms with Crippen LogP contribution in [-0.4, -0.2) is 31.7 Å². The Morgan fingerprint density at radius 3 is 2.62 bits per heavy atom. The van der Waals surface area contributed by atoms with Gasteiger partial charge in [-0.15, -0.1) is 12.4 Å². The van der Waals surface area contributed by atoms with E-state index in [1.807, 2.05) is 0 Å². The van der Waals surface area contributed by atoms with Crippen LogP contribution in [0.1, 0.15) is 30.4 Å². The second-order valence-corrected chi connectivity index (χ2v) is 6.07. The van der Waals surface area contributed by atoms with Gasteiger partial charge in [-0.3, -0.25) is 4.79 Å². The molecule has 4 nitrogen and oxygen atoms in total. The third kappa shape index (κ3) is 3.84. The van der Waals surface area contributed by atoms with Crippen LogP contribution in [0.5, 0.6) is 0 Å². The molecule has 1 unspecified atom stereocenters. The number of hydrogen-bond donors (Lipinski definition) is 2. The molecule has 1 atom stereocenters. The first-order valence-corrected chi connectivity index (χ1v) is 7.73. The lowest BCUT2D eigenvalue weighted by molar-refractivity contribution is -0.137. The summed E-state index contributed by atoms with van der Waals surface area (Å²) in [5.74, 6) is -0.269. The third-order valence-corrected chi connectivity index (χ3v) is 4.53. The molecule has 0 bridgehead atoms. The van der Waals surface area contributed by atoms with Gasteiger partial charge < -0.3 is 15.4 Å². The summed E-state index contributed by atoms with van der Waals surface area (Å²) in [5, 5.41) is 5.99. The van der Waals surface area contributed by atoms with Crippen molar-refractivity contribution in [1.82, 2.24) is 10.6 Å². The van der Waals surface area contributed by atoms with Gasteiger partial charge in [0.25, 0.3) is 5.91 Å². The van der Waals surface area contributed by atoms with E-state index in [4.69, 9.17) is 4.74 Å². The molecule has 1 saturated carbocycles. The number of nitrogens with one attached hydrogen (secondary N) is 2. The van der Waals surface area contributed by atoms with Crippen molar-refractivity contribution < 1.29 is 22.7 Å². The van der Waals surface area contributed by atoms with Crippen LogP contribution in [0.3, 0.4) is 0 Å². The number of ether oxygens (including phenoxy) is 1. The first-order valence-electron chi connectivity index (χ1n) is 7.73. The fourth-order valence-electron chi connectivity index (χ4n) is 3.06. The lowest BCUT2D eigenvalue weighted by Gasteiger charge is -2.44. The summed E-state index contributed by atoms with van der Waals surface area (Å²) in [5.41, 5.74) is -0.888. The molecule has 2 aliphatic rings. The quantitative estimate of drug-likeness (QED) is 0.867. The molecule has 2 N–H and O–H groups in total. The molecule has 134 valence electrons. The molecular formula is C16H20ClF3N2O2. The Labute approximate surface area is 144 Å². The van der Waals surface area contributed by atoms with Crippen LogP contribution in [0.2, 0.25) is 0 Å². The Balaban J connectivity index is 0.00000208. The molecule has 24 heavy (non-hydrogen) atoms. The van der Waals surface area contributed by atoms with Gasteiger partial charge in [0.2, 0.25) is 0 Å². The van der Waals surface area contributed by atoms with Crippen molar-refractivity contribution >= 4 is 18.3 Å². The predicted octanol–water partition coefficient (Wildman–Crippen LogP) is 2.61. The monoisotopic (exact) mass is 364 g/mol. The Morgan fingerprint density at radius 2 is 2.08 bits per heavy atom. The number of carbonyl (C=O) groups is 1. The highest BCUT2D eigenvalue weighted by atomic mass is 35.5. The molecule has 0 aromatic heterocycles. The highest BCUT2D eigenvalue weighted by Gasteiger charge is 2.42. The topological polar surface area (TPSA) is 50.4 Å². The minimum absolute atomic E-state index is 0. The van der Waals surface area contributed by atoms with Gasteiger partial charge in [-0.25, -0.2) is 0 Å². The van der Waals surface area contributed by atoms with Gasteiger partial charge in [0.15, 0.2) is 0 Å². The van der Waals surface area contributed by atoms with Gasteiger partial charge in [-0.2, -0.15) is 13.2 Å². The van der Waals surface area contributed by atoms with Gasteiger partial charge in [0.1, 0.15) is 6.10 Å². The molecule has 1 aliphatic carbocycles. The molecule has 8 heteroatoms. The molecule has 3 rings (SSSR count). The number of alkyl halides is 3. The summed E-state index contributed by atoms with van der Waals surface area (Å²) in [6.45, 7) is 1.57. The highest BCUT2D eigenvalue weighted by Crippen LogP contribution is 2.43. The van der Waals surface area contributed by atoms with Crippen molar-refractivity contribution in [2.75, 3.05) is 19.7 Å². The Kier molecular flexibility index (Phi) is 5.78. The summed E-state index contributed by atoms with van der Waals surface area (Å²) in [7, 11) is 0. The zero-order chi connectivity index (χ0) is 16.5. The molecule has 1 aliphatic heterocycles. The van der Waals surface area contributed by atoms with E-state index in [1.54, 1.807) is 6.07 Å². The zero-order valence-electron chi connectivity index (χ0n) is 13.0. The van der Waals surface area contributed by atoms with Crippen molar-refractivity contribution in [3.8, 4) is 0 Å². The van der Waals surface area contributed by atoms with Crippen LogP contribution >= 0.6 is 12.4 Å². The Morgan fingerprint density at radius 1 is 1.33 bits per heavy atom. The SMILES string of the molecule is Cl.O=C(NC1(c2cccc(C(F)(F)F)c2)CCC1)C1CNCCO1. The van der Waals surface area contributed by atoms with E-state index in [0.717, 1.165) is 18.6 Å². The van der Waals surface area contributed by atoms with E-state index in [0.29, 0.717) is 38.1 Å². The highest BCUT2D eigenvalue weighted by molar-refractivity contribution is 5.85. The number of hydrogen-bond acceptors (Lipinski definition) is 3. The van der Waals surface area contributed by atoms with Crippen LogP contribution in [0.15, 0.2) is 24.3 Å². The van der Waals surface area contributed by atoms with Gasteiger partial charge in [0, 0.05) is 13.1 Å². The number of halogens is 4. The van der Waals surface area contributed by atoms with Crippen molar-refractivity contribution in [3.63, 3.8) is 0 Å². The van der Waals surface area contributed by atoms with Gasteiger partial charge in [0.05, 0.1) is 17.7 Å². The fourth-order valence-corrected chi connectivity index (χ4v) is 3.06. The summed E-state index contributed by atoms with van der Waals surface area (Å²) in [4.78, 5) is 12.4. The van der Waals surface area contributed by atoms with Crippen LogP contribution < -0.4 is 10.6 Å². The van der Waals surface area contributed by atoms with E-state index >= 15 is 0 Å². The first-order chi connectivity index (χ1) is 10.9. The predicted molar refractivity (Wildman–Crippen MR) is 85.0 cm³/mol. The van der Waals surface area contributed by atoms with Crippen molar-refractivity contribution in [1.29, 1.82) is 0 Å². The fraction of sp³-hybridized carbons (Fsp3) is 0.562. The first kappa shape index (κ1) is 19.0. The summed E-state index contributed by atoms with van der Waals surface area (Å²) in [6.07, 6.45) is -2.82. The molecule has 1 amide bonds. The Bertz CT molecular complexity index is 585. The average molecular weight is 365 g/mol. The van der Waals surface area contributed by atoms with Crippen LogP contribution in [-0.2, 0) is 21.2 Å². The smallest absolute Gasteiger partial charge is 0.366 e. The minimum atomic E-state index is -4.39. The molecule has 0 spiro atoms. The number of rotatable bonds is 3. The van der Waals surface area contributed by atoms with E-state index in [-0.39, 0.29) is 18.3 Å². The number of benzene rings is 1. The molecule has 1 heterocycles. The summed E-state index contributed by atoms with van der Waals surface area (Å²) >= 11 is 0. The minimum Gasteiger partial charge on any atom is -0.366 e. The standard InChI is InChI=1S/C16H19F3N2O2.ClH/c17-16(18,19)12-4-1-3-11(9-12)15(5-2-6-15)21-14(22)13-10-20-7-8-23-13;/h1,3-4,9,13,20H,2,5-8,10H2,(H,21,22);1H. The number of carbonyl (C=O) groups excluding carboxylic acids is 1. The van der Waals surface area contributed by atoms with Gasteiger partial charge in [-0.05, 0) is 37.0 Å². The maximum absolute atomic E-state index is 12.9. The molecule has 1 aromatic carbocycles. The van der Waals surface area contributed by atoms with Crippen molar-refractivity contribution in [3.05, 3.63) is 35.4 Å². The molecule has 1 saturated heterocycles. The van der Waals surface area contributed by atoms with Crippen LogP contribution in [0.25, 0.3) is 0 Å². The van der Waals surface area contributed by atoms with Gasteiger partial charge >= 0.3 is 6.18 Å². The lowest BCUT2D eigenvalue weighted by Crippen LogP contribution is -2.56. The number of morpholine rings is 1. The second kappa shape index (κ2) is 7.29. The number of amides is 1. The van der Waals surface area contributed by atoms with Crippen molar-refractivity contribution in [2.24, 2.45) is 0 Å². The summed E-state index contributed by atoms with van der Waals surface area (Å²) < 4.78 is 44.2.